The largest absolute Gasteiger partial charge is 0.452 e. The molecule has 10 nitrogen and oxygen atoms in total. The first-order valence-corrected chi connectivity index (χ1v) is 10.9. The number of rotatable bonds is 9. The molecule has 0 saturated carbocycles. The molecule has 0 saturated heterocycles. The zero-order valence-corrected chi connectivity index (χ0v) is 18.1. The maximum Gasteiger partial charge on any atom is 0.338 e. The van der Waals surface area contributed by atoms with Gasteiger partial charge >= 0.3 is 5.97 Å². The second-order valence-electron chi connectivity index (χ2n) is 6.44. The third kappa shape index (κ3) is 5.64. The minimum Gasteiger partial charge on any atom is -0.452 e. The van der Waals surface area contributed by atoms with Crippen LogP contribution in [-0.4, -0.2) is 49.2 Å². The molecule has 0 radical (unpaired) electrons. The van der Waals surface area contributed by atoms with Crippen LogP contribution in [0.2, 0.25) is 0 Å². The van der Waals surface area contributed by atoms with Crippen molar-refractivity contribution in [3.05, 3.63) is 63.7 Å². The molecule has 2 rings (SSSR count). The molecule has 1 amide bonds. The minimum atomic E-state index is -3.65. The molecule has 2 aromatic rings. The van der Waals surface area contributed by atoms with Crippen LogP contribution in [0.4, 0.5) is 11.4 Å². The predicted octanol–water partition coefficient (Wildman–Crippen LogP) is 2.73. The average molecular weight is 449 g/mol. The lowest BCUT2D eigenvalue weighted by Gasteiger charge is -2.18. The summed E-state index contributed by atoms with van der Waals surface area (Å²) >= 11 is 0. The highest BCUT2D eigenvalue weighted by atomic mass is 32.2. The Balaban J connectivity index is 2.01. The summed E-state index contributed by atoms with van der Waals surface area (Å²) in [6, 6.07) is 9.46. The summed E-state index contributed by atoms with van der Waals surface area (Å²) in [6.45, 7) is 4.98. The number of carbonyl (C=O) groups is 2. The summed E-state index contributed by atoms with van der Waals surface area (Å²) in [4.78, 5) is 34.7. The van der Waals surface area contributed by atoms with E-state index in [-0.39, 0.29) is 27.4 Å². The van der Waals surface area contributed by atoms with Gasteiger partial charge < -0.3 is 10.1 Å². The van der Waals surface area contributed by atoms with E-state index in [0.717, 1.165) is 0 Å². The number of nitro groups is 1. The summed E-state index contributed by atoms with van der Waals surface area (Å²) in [5.41, 5.74) is 0.450. The van der Waals surface area contributed by atoms with E-state index in [1.54, 1.807) is 13.8 Å². The normalized spacial score (nSPS) is 11.2. The van der Waals surface area contributed by atoms with E-state index in [0.29, 0.717) is 13.1 Å². The Morgan fingerprint density at radius 3 is 2.26 bits per heavy atom. The molecule has 0 spiro atoms. The van der Waals surface area contributed by atoms with Crippen LogP contribution >= 0.6 is 0 Å². The maximum absolute atomic E-state index is 12.5. The third-order valence-corrected chi connectivity index (χ3v) is 6.61. The molecule has 0 aliphatic heterocycles. The van der Waals surface area contributed by atoms with Crippen LogP contribution in [0, 0.1) is 17.0 Å². The average Bonchev–Trinajstić information content (AvgIpc) is 2.74. The van der Waals surface area contributed by atoms with Gasteiger partial charge in [-0.3, -0.25) is 14.9 Å². The number of anilines is 1. The number of amides is 1. The molecule has 11 heteroatoms. The quantitative estimate of drug-likeness (QED) is 0.353. The third-order valence-electron chi connectivity index (χ3n) is 4.54. The summed E-state index contributed by atoms with van der Waals surface area (Å²) in [7, 11) is -3.65. The second-order valence-corrected chi connectivity index (χ2v) is 8.38. The van der Waals surface area contributed by atoms with E-state index >= 15 is 0 Å². The van der Waals surface area contributed by atoms with Crippen LogP contribution < -0.4 is 5.32 Å². The van der Waals surface area contributed by atoms with Gasteiger partial charge in [0.25, 0.3) is 11.6 Å². The number of nitro benzene ring substituents is 1. The highest BCUT2D eigenvalue weighted by Crippen LogP contribution is 2.25. The minimum absolute atomic E-state index is 0.0478. The summed E-state index contributed by atoms with van der Waals surface area (Å²) in [5.74, 6) is -1.48. The van der Waals surface area contributed by atoms with E-state index in [1.165, 1.54) is 53.7 Å². The van der Waals surface area contributed by atoms with E-state index < -0.39 is 33.4 Å². The predicted molar refractivity (Wildman–Crippen MR) is 113 cm³/mol. The van der Waals surface area contributed by atoms with Gasteiger partial charge in [-0.2, -0.15) is 4.31 Å². The fraction of sp³-hybridized carbons (Fsp3) is 0.300. The van der Waals surface area contributed by atoms with Gasteiger partial charge in [-0.1, -0.05) is 19.9 Å². The Morgan fingerprint density at radius 1 is 1.10 bits per heavy atom. The first-order valence-electron chi connectivity index (χ1n) is 9.43. The molecule has 0 aromatic heterocycles. The Labute approximate surface area is 180 Å². The van der Waals surface area contributed by atoms with E-state index in [1.807, 2.05) is 0 Å². The first-order chi connectivity index (χ1) is 14.6. The highest BCUT2D eigenvalue weighted by Gasteiger charge is 2.22. The molecule has 0 unspecified atom stereocenters. The maximum atomic E-state index is 12.5. The highest BCUT2D eigenvalue weighted by molar-refractivity contribution is 7.89. The monoisotopic (exact) mass is 449 g/mol. The molecular formula is C20H23N3O7S. The van der Waals surface area contributed by atoms with Gasteiger partial charge in [0.1, 0.15) is 0 Å². The Morgan fingerprint density at radius 2 is 1.71 bits per heavy atom. The lowest BCUT2D eigenvalue weighted by molar-refractivity contribution is -0.385. The lowest BCUT2D eigenvalue weighted by Crippen LogP contribution is -2.30. The number of nitrogens with one attached hydrogen (secondary N) is 1. The van der Waals surface area contributed by atoms with Gasteiger partial charge in [0, 0.05) is 19.2 Å². The molecule has 0 fully saturated rings. The number of sulfonamides is 1. The van der Waals surface area contributed by atoms with Crippen LogP contribution in [0.25, 0.3) is 0 Å². The number of benzene rings is 2. The standard InChI is InChI=1S/C20H23N3O7S/c1-4-22(5-2)31(28,29)16-11-9-15(10-12-16)20(25)30-13-19(24)21-17-7-6-8-18(14(17)3)23(26)27/h6-12H,4-5,13H2,1-3H3,(H,21,24). The molecule has 0 aliphatic rings. The van der Waals surface area contributed by atoms with Crippen molar-refractivity contribution in [3.63, 3.8) is 0 Å². The van der Waals surface area contributed by atoms with Crippen LogP contribution in [0.5, 0.6) is 0 Å². The fourth-order valence-electron chi connectivity index (χ4n) is 2.83. The van der Waals surface area contributed by atoms with Crippen LogP contribution in [0.1, 0.15) is 29.8 Å². The van der Waals surface area contributed by atoms with Gasteiger partial charge in [0.05, 0.1) is 26.6 Å². The molecule has 166 valence electrons. The lowest BCUT2D eigenvalue weighted by atomic mass is 10.1. The van der Waals surface area contributed by atoms with Crippen molar-refractivity contribution >= 4 is 33.3 Å². The van der Waals surface area contributed by atoms with Crippen molar-refractivity contribution in [1.82, 2.24) is 4.31 Å². The van der Waals surface area contributed by atoms with Crippen LogP contribution in [0.3, 0.4) is 0 Å². The second kappa shape index (κ2) is 10.1. The Hall–Kier alpha value is -3.31. The topological polar surface area (TPSA) is 136 Å². The van der Waals surface area contributed by atoms with E-state index in [4.69, 9.17) is 4.74 Å². The SMILES string of the molecule is CCN(CC)S(=O)(=O)c1ccc(C(=O)OCC(=O)Nc2cccc([N+](=O)[O-])c2C)cc1. The molecular weight excluding hydrogens is 426 g/mol. The fourth-order valence-corrected chi connectivity index (χ4v) is 4.29. The first kappa shape index (κ1) is 24.0. The molecule has 2 aromatic carbocycles. The summed E-state index contributed by atoms with van der Waals surface area (Å²) in [5, 5.41) is 13.4. The number of nitrogens with zero attached hydrogens (tertiary/aromatic N) is 2. The van der Waals surface area contributed by atoms with Crippen molar-refractivity contribution in [2.75, 3.05) is 25.0 Å². The van der Waals surface area contributed by atoms with E-state index in [9.17, 15) is 28.1 Å². The molecule has 0 heterocycles. The van der Waals surface area contributed by atoms with Gasteiger partial charge in [-0.25, -0.2) is 13.2 Å². The molecule has 0 atom stereocenters. The van der Waals surface area contributed by atoms with Gasteiger partial charge in [-0.05, 0) is 37.3 Å². The number of ether oxygens (including phenoxy) is 1. The number of esters is 1. The van der Waals surface area contributed by atoms with Crippen LogP contribution in [0.15, 0.2) is 47.4 Å². The van der Waals surface area contributed by atoms with Gasteiger partial charge in [0.15, 0.2) is 6.61 Å². The number of carbonyl (C=O) groups excluding carboxylic acids is 2. The zero-order chi connectivity index (χ0) is 23.2. The summed E-state index contributed by atoms with van der Waals surface area (Å²) in [6.07, 6.45) is 0. The summed E-state index contributed by atoms with van der Waals surface area (Å²) < 4.78 is 31.2. The molecule has 1 N–H and O–H groups in total. The molecule has 0 bridgehead atoms. The van der Waals surface area contributed by atoms with Crippen molar-refractivity contribution in [3.8, 4) is 0 Å². The van der Waals surface area contributed by atoms with Crippen molar-refractivity contribution in [2.24, 2.45) is 0 Å². The van der Waals surface area contributed by atoms with Crippen LogP contribution in [-0.2, 0) is 19.6 Å². The van der Waals surface area contributed by atoms with Gasteiger partial charge in [-0.15, -0.1) is 0 Å². The zero-order valence-electron chi connectivity index (χ0n) is 17.3. The number of hydrogen-bond acceptors (Lipinski definition) is 7. The van der Waals surface area contributed by atoms with Crippen molar-refractivity contribution in [2.45, 2.75) is 25.7 Å². The van der Waals surface area contributed by atoms with E-state index in [2.05, 4.69) is 5.32 Å². The van der Waals surface area contributed by atoms with Crippen molar-refractivity contribution < 1.29 is 27.7 Å². The number of hydrogen-bond donors (Lipinski definition) is 1. The molecule has 31 heavy (non-hydrogen) atoms. The Kier molecular flexibility index (Phi) is 7.83. The smallest absolute Gasteiger partial charge is 0.338 e. The Bertz CT molecular complexity index is 1080. The van der Waals surface area contributed by atoms with Crippen molar-refractivity contribution in [1.29, 1.82) is 0 Å². The molecule has 0 aliphatic carbocycles. The van der Waals surface area contributed by atoms with Gasteiger partial charge in [0.2, 0.25) is 10.0 Å².